The van der Waals surface area contributed by atoms with E-state index >= 15 is 0 Å². The van der Waals surface area contributed by atoms with Crippen molar-refractivity contribution in [3.63, 3.8) is 0 Å². The highest BCUT2D eigenvalue weighted by Gasteiger charge is 2.20. The van der Waals surface area contributed by atoms with Crippen molar-refractivity contribution in [2.45, 2.75) is 27.3 Å². The van der Waals surface area contributed by atoms with E-state index in [1.54, 1.807) is 18.7 Å². The molecule has 0 aromatic carbocycles. The largest absolute Gasteiger partial charge is 0.464 e. The molecule has 0 fully saturated rings. The predicted octanol–water partition coefficient (Wildman–Crippen LogP) is 3.00. The fraction of sp³-hybridized carbons (Fsp3) is 0.333. The van der Waals surface area contributed by atoms with E-state index in [9.17, 15) is 4.79 Å². The molecule has 0 radical (unpaired) electrons. The summed E-state index contributed by atoms with van der Waals surface area (Å²) < 4.78 is 5.33. The van der Waals surface area contributed by atoms with Crippen LogP contribution in [0, 0.1) is 5.41 Å². The second-order valence-corrected chi connectivity index (χ2v) is 5.49. The van der Waals surface area contributed by atoms with E-state index in [0.717, 1.165) is 16.9 Å². The van der Waals surface area contributed by atoms with Crippen LogP contribution in [0.4, 0.5) is 0 Å². The molecular formula is C15H18N2O2. The minimum absolute atomic E-state index is 0.0240. The predicted molar refractivity (Wildman–Crippen MR) is 73.2 cm³/mol. The quantitative estimate of drug-likeness (QED) is 0.920. The zero-order valence-electron chi connectivity index (χ0n) is 11.4. The molecule has 0 aliphatic heterocycles. The van der Waals surface area contributed by atoms with Gasteiger partial charge >= 0.3 is 0 Å². The van der Waals surface area contributed by atoms with E-state index < -0.39 is 0 Å². The van der Waals surface area contributed by atoms with Crippen LogP contribution in [0.3, 0.4) is 0 Å². The maximum absolute atomic E-state index is 11.8. The Hall–Kier alpha value is -2.10. The van der Waals surface area contributed by atoms with E-state index in [4.69, 9.17) is 4.42 Å². The molecule has 1 N–H and O–H groups in total. The van der Waals surface area contributed by atoms with Gasteiger partial charge in [-0.15, -0.1) is 0 Å². The molecule has 0 bridgehead atoms. The Kier molecular flexibility index (Phi) is 3.69. The lowest BCUT2D eigenvalue weighted by Crippen LogP contribution is -2.34. The first-order chi connectivity index (χ1) is 8.97. The van der Waals surface area contributed by atoms with Gasteiger partial charge in [0.15, 0.2) is 0 Å². The number of amides is 1. The summed E-state index contributed by atoms with van der Waals surface area (Å²) >= 11 is 0. The molecule has 0 atom stereocenters. The van der Waals surface area contributed by atoms with E-state index in [1.165, 1.54) is 0 Å². The maximum atomic E-state index is 11.8. The topological polar surface area (TPSA) is 55.1 Å². The Morgan fingerprint density at radius 2 is 2.16 bits per heavy atom. The Morgan fingerprint density at radius 3 is 2.79 bits per heavy atom. The second kappa shape index (κ2) is 5.26. The van der Waals surface area contributed by atoms with Gasteiger partial charge in [-0.2, -0.15) is 0 Å². The molecule has 4 nitrogen and oxygen atoms in total. The zero-order valence-corrected chi connectivity index (χ0v) is 11.4. The van der Waals surface area contributed by atoms with Gasteiger partial charge in [-0.25, -0.2) is 0 Å². The first kappa shape index (κ1) is 13.3. The van der Waals surface area contributed by atoms with Crippen LogP contribution < -0.4 is 5.32 Å². The molecule has 0 saturated heterocycles. The van der Waals surface area contributed by atoms with E-state index in [0.29, 0.717) is 6.54 Å². The number of carbonyl (C=O) groups is 1. The summed E-state index contributed by atoms with van der Waals surface area (Å²) in [5, 5.41) is 2.90. The normalized spacial score (nSPS) is 11.3. The van der Waals surface area contributed by atoms with Crippen molar-refractivity contribution in [2.24, 2.45) is 5.41 Å². The third-order valence-electron chi connectivity index (χ3n) is 2.73. The van der Waals surface area contributed by atoms with Gasteiger partial charge in [0.05, 0.1) is 6.26 Å². The van der Waals surface area contributed by atoms with Crippen molar-refractivity contribution >= 4 is 5.91 Å². The SMILES string of the molecule is CC(C)(C)C(=O)NCc1cncc(-c2ccco2)c1. The van der Waals surface area contributed by atoms with E-state index in [1.807, 2.05) is 39.0 Å². The number of pyridine rings is 1. The molecule has 0 saturated carbocycles. The first-order valence-corrected chi connectivity index (χ1v) is 6.23. The van der Waals surface area contributed by atoms with Gasteiger partial charge in [-0.05, 0) is 23.8 Å². The zero-order chi connectivity index (χ0) is 13.9. The standard InChI is InChI=1S/C15H18N2O2/c1-15(2,3)14(18)17-9-11-7-12(10-16-8-11)13-5-4-6-19-13/h4-8,10H,9H2,1-3H3,(H,17,18). The lowest BCUT2D eigenvalue weighted by molar-refractivity contribution is -0.128. The highest BCUT2D eigenvalue weighted by Crippen LogP contribution is 2.20. The lowest BCUT2D eigenvalue weighted by atomic mass is 9.95. The molecule has 4 heteroatoms. The van der Waals surface area contributed by atoms with Gasteiger partial charge in [0.1, 0.15) is 5.76 Å². The molecule has 2 rings (SSSR count). The van der Waals surface area contributed by atoms with Crippen molar-refractivity contribution in [2.75, 3.05) is 0 Å². The smallest absolute Gasteiger partial charge is 0.225 e. The Labute approximate surface area is 112 Å². The number of nitrogens with one attached hydrogen (secondary N) is 1. The summed E-state index contributed by atoms with van der Waals surface area (Å²) in [4.78, 5) is 16.0. The minimum atomic E-state index is -0.383. The fourth-order valence-corrected chi connectivity index (χ4v) is 1.61. The molecule has 0 spiro atoms. The highest BCUT2D eigenvalue weighted by atomic mass is 16.3. The molecule has 19 heavy (non-hydrogen) atoms. The number of rotatable bonds is 3. The van der Waals surface area contributed by atoms with E-state index in [2.05, 4.69) is 10.3 Å². The summed E-state index contributed by atoms with van der Waals surface area (Å²) in [6.07, 6.45) is 5.12. The highest BCUT2D eigenvalue weighted by molar-refractivity contribution is 5.81. The molecular weight excluding hydrogens is 240 g/mol. The molecule has 1 amide bonds. The van der Waals surface area contributed by atoms with Crippen molar-refractivity contribution < 1.29 is 9.21 Å². The van der Waals surface area contributed by atoms with Crippen LogP contribution in [0.1, 0.15) is 26.3 Å². The molecule has 2 aromatic heterocycles. The molecule has 100 valence electrons. The van der Waals surface area contributed by atoms with Crippen LogP contribution in [0.5, 0.6) is 0 Å². The Bertz CT molecular complexity index is 554. The number of hydrogen-bond donors (Lipinski definition) is 1. The lowest BCUT2D eigenvalue weighted by Gasteiger charge is -2.17. The molecule has 0 aliphatic rings. The Balaban J connectivity index is 2.06. The third kappa shape index (κ3) is 3.44. The maximum Gasteiger partial charge on any atom is 0.225 e. The van der Waals surface area contributed by atoms with Crippen LogP contribution in [0.15, 0.2) is 41.3 Å². The molecule has 2 aromatic rings. The second-order valence-electron chi connectivity index (χ2n) is 5.49. The number of hydrogen-bond acceptors (Lipinski definition) is 3. The minimum Gasteiger partial charge on any atom is -0.464 e. The van der Waals surface area contributed by atoms with Crippen molar-refractivity contribution in [3.05, 3.63) is 42.4 Å². The third-order valence-corrected chi connectivity index (χ3v) is 2.73. The summed E-state index contributed by atoms with van der Waals surface area (Å²) in [6, 6.07) is 5.69. The van der Waals surface area contributed by atoms with Crippen molar-refractivity contribution in [1.29, 1.82) is 0 Å². The summed E-state index contributed by atoms with van der Waals surface area (Å²) in [7, 11) is 0. The average molecular weight is 258 g/mol. The Morgan fingerprint density at radius 1 is 1.37 bits per heavy atom. The van der Waals surface area contributed by atoms with Gasteiger partial charge < -0.3 is 9.73 Å². The molecule has 0 unspecified atom stereocenters. The van der Waals surface area contributed by atoms with Gasteiger partial charge in [0, 0.05) is 29.9 Å². The van der Waals surface area contributed by atoms with Crippen LogP contribution in [0.25, 0.3) is 11.3 Å². The van der Waals surface area contributed by atoms with Gasteiger partial charge in [-0.3, -0.25) is 9.78 Å². The van der Waals surface area contributed by atoms with E-state index in [-0.39, 0.29) is 11.3 Å². The number of furan rings is 1. The van der Waals surface area contributed by atoms with Crippen LogP contribution in [-0.4, -0.2) is 10.9 Å². The summed E-state index contributed by atoms with van der Waals surface area (Å²) in [6.45, 7) is 6.14. The molecule has 2 heterocycles. The summed E-state index contributed by atoms with van der Waals surface area (Å²) in [5.74, 6) is 0.799. The number of aromatic nitrogens is 1. The average Bonchev–Trinajstić information content (AvgIpc) is 2.89. The molecule has 0 aliphatic carbocycles. The van der Waals surface area contributed by atoms with Crippen molar-refractivity contribution in [1.82, 2.24) is 10.3 Å². The van der Waals surface area contributed by atoms with Crippen LogP contribution in [-0.2, 0) is 11.3 Å². The number of nitrogens with zero attached hydrogens (tertiary/aromatic N) is 1. The number of carbonyl (C=O) groups excluding carboxylic acids is 1. The van der Waals surface area contributed by atoms with Crippen molar-refractivity contribution in [3.8, 4) is 11.3 Å². The van der Waals surface area contributed by atoms with Gasteiger partial charge in [0.25, 0.3) is 0 Å². The monoisotopic (exact) mass is 258 g/mol. The van der Waals surface area contributed by atoms with Crippen LogP contribution >= 0.6 is 0 Å². The first-order valence-electron chi connectivity index (χ1n) is 6.23. The van der Waals surface area contributed by atoms with Gasteiger partial charge in [-0.1, -0.05) is 20.8 Å². The summed E-state index contributed by atoms with van der Waals surface area (Å²) in [5.41, 5.74) is 1.48. The van der Waals surface area contributed by atoms with Gasteiger partial charge in [0.2, 0.25) is 5.91 Å². The van der Waals surface area contributed by atoms with Crippen LogP contribution in [0.2, 0.25) is 0 Å². The fourth-order valence-electron chi connectivity index (χ4n) is 1.61.